The van der Waals surface area contributed by atoms with Gasteiger partial charge in [0, 0.05) is 80.3 Å². The first kappa shape index (κ1) is 44.9. The number of amides is 2. The zero-order valence-corrected chi connectivity index (χ0v) is 34.9. The van der Waals surface area contributed by atoms with Crippen LogP contribution in [0.5, 0.6) is 23.0 Å². The number of fused-ring (bicyclic) bond motifs is 14. The van der Waals surface area contributed by atoms with Gasteiger partial charge in [-0.25, -0.2) is 0 Å². The number of hydrogen-bond acceptors (Lipinski definition) is 14. The summed E-state index contributed by atoms with van der Waals surface area (Å²) in [5, 5.41) is 48.4. The molecule has 322 valence electrons. The Bertz CT molecular complexity index is 2040. The van der Waals surface area contributed by atoms with Crippen LogP contribution in [0.1, 0.15) is 64.4 Å². The highest BCUT2D eigenvalue weighted by atomic mass is 16.7. The Kier molecular flexibility index (Phi) is 14.0. The van der Waals surface area contributed by atoms with E-state index in [0.717, 1.165) is 0 Å². The summed E-state index contributed by atoms with van der Waals surface area (Å²) in [5.41, 5.74) is -0.0289. The summed E-state index contributed by atoms with van der Waals surface area (Å²) in [7, 11) is 1.43. The molecule has 4 aliphatic rings. The summed E-state index contributed by atoms with van der Waals surface area (Å²) in [6.45, 7) is 13.4. The van der Waals surface area contributed by atoms with Gasteiger partial charge in [0.1, 0.15) is 23.4 Å². The zero-order valence-electron chi connectivity index (χ0n) is 34.9. The molecule has 9 atom stereocenters. The Balaban J connectivity index is 1.66. The third-order valence-corrected chi connectivity index (χ3v) is 11.5. The van der Waals surface area contributed by atoms with Gasteiger partial charge in [-0.3, -0.25) is 19.2 Å². The van der Waals surface area contributed by atoms with Gasteiger partial charge in [0.15, 0.2) is 12.4 Å². The fourth-order valence-corrected chi connectivity index (χ4v) is 7.79. The molecule has 59 heavy (non-hydrogen) atoms. The predicted octanol–water partition coefficient (Wildman–Crippen LogP) is 4.29. The maximum absolute atomic E-state index is 14.5. The smallest absolute Gasteiger partial charge is 0.312 e. The van der Waals surface area contributed by atoms with Gasteiger partial charge in [-0.2, -0.15) is 0 Å². The average Bonchev–Trinajstić information content (AvgIpc) is 3.48. The lowest BCUT2D eigenvalue weighted by Crippen LogP contribution is -2.46. The lowest BCUT2D eigenvalue weighted by Gasteiger charge is -2.38. The highest BCUT2D eigenvalue weighted by Gasteiger charge is 2.50. The lowest BCUT2D eigenvalue weighted by atomic mass is 9.78. The second kappa shape index (κ2) is 18.4. The van der Waals surface area contributed by atoms with Gasteiger partial charge in [-0.15, -0.1) is 0 Å². The van der Waals surface area contributed by atoms with E-state index in [2.05, 4.69) is 5.32 Å². The molecule has 1 saturated heterocycles. The molecule has 4 heterocycles. The number of methoxy groups -OCH3 is 1. The molecule has 2 aromatic carbocycles. The standard InChI is InChI=1S/C43H56N2O14/c1-21-11-10-12-22(2)42(53)44-28-19-30(56-20-31(47)45-14-17-55-18-15-45)32-33(38(28)51)37(50)26(6)40-34(32)41(52)43(8,59-40)57-16-13-29(54-9)23(3)39(58-27(7)46)25(5)36(49)24(4)35(21)48/h10-13,16,19,21,23-25,29,35-36,39,48-51H,14-15,17-18,20H2,1-9H3,(H,44,53)/b11-10+,16-13+,22-12-. The predicted molar refractivity (Wildman–Crippen MR) is 215 cm³/mol. The molecule has 0 saturated carbocycles. The molecule has 16 heteroatoms. The largest absolute Gasteiger partial charge is 0.507 e. The van der Waals surface area contributed by atoms with Crippen molar-refractivity contribution in [2.45, 2.75) is 85.6 Å². The van der Waals surface area contributed by atoms with Crippen molar-refractivity contribution in [3.63, 3.8) is 0 Å². The average molecular weight is 825 g/mol. The topological polar surface area (TPSA) is 220 Å². The number of nitrogens with one attached hydrogen (secondary N) is 1. The fraction of sp³-hybridized carbons (Fsp3) is 0.535. The van der Waals surface area contributed by atoms with Gasteiger partial charge in [0.05, 0.1) is 54.4 Å². The number of phenols is 2. The van der Waals surface area contributed by atoms with E-state index in [0.29, 0.717) is 26.3 Å². The monoisotopic (exact) mass is 824 g/mol. The van der Waals surface area contributed by atoms with Crippen LogP contribution in [0.4, 0.5) is 5.69 Å². The Morgan fingerprint density at radius 3 is 2.29 bits per heavy atom. The van der Waals surface area contributed by atoms with E-state index in [1.807, 2.05) is 0 Å². The van der Waals surface area contributed by atoms with Gasteiger partial charge < -0.3 is 59.1 Å². The van der Waals surface area contributed by atoms with E-state index in [1.54, 1.807) is 44.7 Å². The molecule has 0 aromatic heterocycles. The van der Waals surface area contributed by atoms with Crippen molar-refractivity contribution in [1.82, 2.24) is 4.90 Å². The van der Waals surface area contributed by atoms with E-state index >= 15 is 0 Å². The maximum Gasteiger partial charge on any atom is 0.312 e. The molecule has 0 aliphatic carbocycles. The van der Waals surface area contributed by atoms with Crippen LogP contribution in [-0.4, -0.2) is 119 Å². The highest BCUT2D eigenvalue weighted by molar-refractivity contribution is 6.21. The Labute approximate surface area is 343 Å². The number of hydrogen-bond donors (Lipinski definition) is 5. The number of morpholine rings is 1. The Hall–Kier alpha value is -5.16. The van der Waals surface area contributed by atoms with Crippen LogP contribution >= 0.6 is 0 Å². The Morgan fingerprint density at radius 1 is 0.966 bits per heavy atom. The molecule has 0 radical (unpaired) electrons. The van der Waals surface area contributed by atoms with Crippen molar-refractivity contribution in [2.75, 3.05) is 45.3 Å². The number of carbonyl (C=O) groups is 4. The molecule has 5 bridgehead atoms. The molecule has 16 nitrogen and oxygen atoms in total. The molecule has 6 rings (SSSR count). The summed E-state index contributed by atoms with van der Waals surface area (Å²) in [4.78, 5) is 55.2. The summed E-state index contributed by atoms with van der Waals surface area (Å²) >= 11 is 0. The third-order valence-electron chi connectivity index (χ3n) is 11.5. The summed E-state index contributed by atoms with van der Waals surface area (Å²) < 4.78 is 35.1. The number of benzene rings is 2. The van der Waals surface area contributed by atoms with Crippen LogP contribution in [-0.2, 0) is 33.3 Å². The number of nitrogens with zero attached hydrogens (tertiary/aromatic N) is 1. The molecule has 2 amide bonds. The number of anilines is 1. The van der Waals surface area contributed by atoms with E-state index in [9.17, 15) is 39.6 Å². The number of ketones is 1. The van der Waals surface area contributed by atoms with Crippen molar-refractivity contribution < 1.29 is 68.0 Å². The number of ether oxygens (including phenoxy) is 6. The number of allylic oxidation sites excluding steroid dienone is 2. The van der Waals surface area contributed by atoms with Gasteiger partial charge in [-0.1, -0.05) is 45.9 Å². The number of aliphatic hydroxyl groups is 2. The first-order chi connectivity index (χ1) is 27.8. The molecule has 5 N–H and O–H groups in total. The molecular weight excluding hydrogens is 768 g/mol. The first-order valence-electron chi connectivity index (χ1n) is 19.7. The molecule has 0 spiro atoms. The van der Waals surface area contributed by atoms with E-state index < -0.39 is 89.6 Å². The number of esters is 1. The number of aromatic hydroxyl groups is 2. The van der Waals surface area contributed by atoms with Gasteiger partial charge in [0.25, 0.3) is 17.6 Å². The van der Waals surface area contributed by atoms with Gasteiger partial charge >= 0.3 is 11.8 Å². The molecule has 1 fully saturated rings. The molecule has 9 unspecified atom stereocenters. The van der Waals surface area contributed by atoms with Crippen LogP contribution in [0.2, 0.25) is 0 Å². The number of Topliss-reactive ketones (excluding diaryl/α,β-unsaturated/α-hetero) is 1. The van der Waals surface area contributed by atoms with Crippen LogP contribution in [0.25, 0.3) is 10.8 Å². The van der Waals surface area contributed by atoms with E-state index in [4.69, 9.17) is 28.4 Å². The van der Waals surface area contributed by atoms with E-state index in [1.165, 1.54) is 59.3 Å². The van der Waals surface area contributed by atoms with Crippen molar-refractivity contribution in [2.24, 2.45) is 23.7 Å². The van der Waals surface area contributed by atoms with Crippen LogP contribution in [0.3, 0.4) is 0 Å². The number of rotatable bonds is 5. The Morgan fingerprint density at radius 2 is 1.64 bits per heavy atom. The third kappa shape index (κ3) is 9.20. The second-order valence-corrected chi connectivity index (χ2v) is 15.7. The van der Waals surface area contributed by atoms with Crippen molar-refractivity contribution in [1.29, 1.82) is 0 Å². The number of aliphatic hydroxyl groups excluding tert-OH is 2. The summed E-state index contributed by atoms with van der Waals surface area (Å²) in [6, 6.07) is 1.26. The van der Waals surface area contributed by atoms with E-state index in [-0.39, 0.29) is 50.6 Å². The highest BCUT2D eigenvalue weighted by Crippen LogP contribution is 2.54. The zero-order chi connectivity index (χ0) is 43.5. The molecule has 2 aromatic rings. The first-order valence-corrected chi connectivity index (χ1v) is 19.7. The maximum atomic E-state index is 14.5. The number of carbonyl (C=O) groups excluding carboxylic acids is 4. The SMILES string of the molecule is COC1/C=C/OC2(C)Oc3c(C)c(O)c4c(O)c(cc(OCC(=O)N5CCOCC5)c4c3C2=O)NC(=O)/C(C)=C\C=C\C(C)C(O)C(C)C(O)C(C)C(OC(C)=O)C1C. The van der Waals surface area contributed by atoms with Crippen LogP contribution < -0.4 is 14.8 Å². The molecule has 4 aliphatic heterocycles. The molecular formula is C43H56N2O14. The van der Waals surface area contributed by atoms with Crippen LogP contribution in [0, 0.1) is 30.6 Å². The fourth-order valence-electron chi connectivity index (χ4n) is 7.79. The van der Waals surface area contributed by atoms with Crippen molar-refractivity contribution in [3.8, 4) is 23.0 Å². The van der Waals surface area contributed by atoms with Gasteiger partial charge in [0.2, 0.25) is 0 Å². The summed E-state index contributed by atoms with van der Waals surface area (Å²) in [5.74, 6) is -8.08. The summed E-state index contributed by atoms with van der Waals surface area (Å²) in [6.07, 6.45) is 3.57. The van der Waals surface area contributed by atoms with Crippen molar-refractivity contribution in [3.05, 3.63) is 53.3 Å². The minimum absolute atomic E-state index is 0.0625. The minimum Gasteiger partial charge on any atom is -0.507 e. The van der Waals surface area contributed by atoms with Crippen molar-refractivity contribution >= 4 is 40.0 Å². The minimum atomic E-state index is -2.03. The van der Waals surface area contributed by atoms with Crippen LogP contribution in [0.15, 0.2) is 42.2 Å². The number of phenolic OH excluding ortho intramolecular Hbond substituents is 2. The quantitative estimate of drug-likeness (QED) is 0.210. The lowest BCUT2D eigenvalue weighted by molar-refractivity contribution is -0.160. The normalized spacial score (nSPS) is 31.4. The second-order valence-electron chi connectivity index (χ2n) is 15.7. The van der Waals surface area contributed by atoms with Gasteiger partial charge in [-0.05, 0) is 19.9 Å².